The average molecular weight is 376 g/mol. The fourth-order valence-corrected chi connectivity index (χ4v) is 4.42. The fraction of sp³-hybridized carbons (Fsp3) is 0.500. The highest BCUT2D eigenvalue weighted by atomic mass is 32.2. The zero-order valence-corrected chi connectivity index (χ0v) is 16.6. The van der Waals surface area contributed by atoms with Gasteiger partial charge in [0.25, 0.3) is 5.91 Å². The van der Waals surface area contributed by atoms with Gasteiger partial charge in [0, 0.05) is 36.4 Å². The normalized spacial score (nSPS) is 21.3. The van der Waals surface area contributed by atoms with Gasteiger partial charge in [-0.3, -0.25) is 14.7 Å². The van der Waals surface area contributed by atoms with Crippen LogP contribution in [-0.2, 0) is 4.79 Å². The smallest absolute Gasteiger partial charge is 0.266 e. The van der Waals surface area contributed by atoms with Crippen molar-refractivity contribution < 1.29 is 9.18 Å². The quantitative estimate of drug-likeness (QED) is 0.726. The van der Waals surface area contributed by atoms with Gasteiger partial charge in [-0.1, -0.05) is 0 Å². The first-order chi connectivity index (χ1) is 12.4. The fourth-order valence-electron chi connectivity index (χ4n) is 3.20. The molecule has 2 aliphatic heterocycles. The molecule has 2 saturated heterocycles. The maximum atomic E-state index is 14.6. The summed E-state index contributed by atoms with van der Waals surface area (Å²) in [6, 6.07) is 5.39. The number of rotatable bonds is 4. The van der Waals surface area contributed by atoms with Gasteiger partial charge in [-0.2, -0.15) is 0 Å². The Morgan fingerprint density at radius 1 is 1.19 bits per heavy atom. The molecule has 1 aromatic rings. The first-order valence-corrected chi connectivity index (χ1v) is 10.0. The van der Waals surface area contributed by atoms with Crippen molar-refractivity contribution in [1.29, 1.82) is 0 Å². The molecule has 0 radical (unpaired) electrons. The Hall–Kier alpha value is -1.82. The highest BCUT2D eigenvalue weighted by Crippen LogP contribution is 2.35. The topological polar surface area (TPSA) is 35.9 Å². The average Bonchev–Trinajstić information content (AvgIpc) is 3.18. The number of halogens is 1. The number of carbonyl (C=O) groups is 1. The number of amides is 1. The van der Waals surface area contributed by atoms with E-state index in [1.54, 1.807) is 23.1 Å². The van der Waals surface area contributed by atoms with Gasteiger partial charge in [-0.25, -0.2) is 4.39 Å². The summed E-state index contributed by atoms with van der Waals surface area (Å²) in [7, 11) is 0. The summed E-state index contributed by atoms with van der Waals surface area (Å²) in [6.45, 7) is 9.84. The molecule has 2 heterocycles. The maximum Gasteiger partial charge on any atom is 0.266 e. The zero-order valence-electron chi connectivity index (χ0n) is 15.8. The number of thioether (sulfide) groups is 1. The summed E-state index contributed by atoms with van der Waals surface area (Å²) in [5.74, 6) is -0.395. The highest BCUT2D eigenvalue weighted by Gasteiger charge is 2.35. The third kappa shape index (κ3) is 3.95. The first kappa shape index (κ1) is 19.0. The van der Waals surface area contributed by atoms with Gasteiger partial charge in [-0.05, 0) is 76.6 Å². The van der Waals surface area contributed by atoms with Gasteiger partial charge in [0.1, 0.15) is 5.82 Å². The minimum atomic E-state index is -0.291. The van der Waals surface area contributed by atoms with Crippen LogP contribution in [0.3, 0.4) is 0 Å². The molecule has 0 unspecified atom stereocenters. The Morgan fingerprint density at radius 3 is 2.46 bits per heavy atom. The predicted octanol–water partition coefficient (Wildman–Crippen LogP) is 4.52. The summed E-state index contributed by atoms with van der Waals surface area (Å²) in [5.41, 5.74) is 1.36. The van der Waals surface area contributed by atoms with Crippen molar-refractivity contribution in [3.8, 4) is 0 Å². The second kappa shape index (κ2) is 7.82. The summed E-state index contributed by atoms with van der Waals surface area (Å²) in [4.78, 5) is 21.7. The van der Waals surface area contributed by atoms with Gasteiger partial charge >= 0.3 is 0 Å². The van der Waals surface area contributed by atoms with Crippen LogP contribution in [0.1, 0.15) is 46.1 Å². The molecular formula is C20H26FN3OS. The molecule has 6 heteroatoms. The van der Waals surface area contributed by atoms with Crippen LogP contribution in [0.5, 0.6) is 0 Å². The predicted molar refractivity (Wildman–Crippen MR) is 108 cm³/mol. The lowest BCUT2D eigenvalue weighted by Crippen LogP contribution is -2.35. The van der Waals surface area contributed by atoms with Gasteiger partial charge < -0.3 is 4.90 Å². The number of hydrogen-bond acceptors (Lipinski definition) is 4. The molecule has 1 amide bonds. The minimum absolute atomic E-state index is 0.0146. The van der Waals surface area contributed by atoms with Crippen molar-refractivity contribution in [3.63, 3.8) is 0 Å². The molecule has 2 fully saturated rings. The van der Waals surface area contributed by atoms with E-state index in [4.69, 9.17) is 0 Å². The van der Waals surface area contributed by atoms with E-state index in [0.717, 1.165) is 31.6 Å². The Balaban J connectivity index is 1.88. The van der Waals surface area contributed by atoms with Gasteiger partial charge in [0.05, 0.1) is 4.91 Å². The third-order valence-electron chi connectivity index (χ3n) is 4.46. The first-order valence-electron chi connectivity index (χ1n) is 9.22. The van der Waals surface area contributed by atoms with Gasteiger partial charge in [0.15, 0.2) is 5.17 Å². The number of nitrogens with zero attached hydrogens (tertiary/aromatic N) is 3. The third-order valence-corrected chi connectivity index (χ3v) is 5.46. The molecule has 3 rings (SSSR count). The summed E-state index contributed by atoms with van der Waals surface area (Å²) in [6.07, 6.45) is 3.96. The molecule has 0 spiro atoms. The van der Waals surface area contributed by atoms with E-state index in [2.05, 4.69) is 9.89 Å². The van der Waals surface area contributed by atoms with Crippen LogP contribution in [0.2, 0.25) is 0 Å². The van der Waals surface area contributed by atoms with E-state index in [9.17, 15) is 9.18 Å². The van der Waals surface area contributed by atoms with Crippen molar-refractivity contribution in [2.75, 3.05) is 18.0 Å². The molecule has 0 aromatic heterocycles. The van der Waals surface area contributed by atoms with Crippen LogP contribution in [-0.4, -0.2) is 41.1 Å². The number of anilines is 1. The van der Waals surface area contributed by atoms with E-state index in [-0.39, 0.29) is 23.8 Å². The van der Waals surface area contributed by atoms with E-state index in [1.807, 2.05) is 33.8 Å². The summed E-state index contributed by atoms with van der Waals surface area (Å²) >= 11 is 1.33. The van der Waals surface area contributed by atoms with E-state index in [1.165, 1.54) is 11.8 Å². The SMILES string of the molecule is CC(C)N=C1S/C(=C/c2ccc(N3CCCC3)cc2F)C(=O)N1C(C)C. The van der Waals surface area contributed by atoms with Crippen molar-refractivity contribution in [2.24, 2.45) is 4.99 Å². The van der Waals surface area contributed by atoms with E-state index >= 15 is 0 Å². The summed E-state index contributed by atoms with van der Waals surface area (Å²) in [5, 5.41) is 0.695. The molecular weight excluding hydrogens is 349 g/mol. The maximum absolute atomic E-state index is 14.6. The molecule has 4 nitrogen and oxygen atoms in total. The number of benzene rings is 1. The Labute approximate surface area is 159 Å². The highest BCUT2D eigenvalue weighted by molar-refractivity contribution is 8.18. The van der Waals surface area contributed by atoms with Crippen molar-refractivity contribution in [2.45, 2.75) is 52.6 Å². The van der Waals surface area contributed by atoms with Crippen LogP contribution >= 0.6 is 11.8 Å². The van der Waals surface area contributed by atoms with Crippen molar-refractivity contribution in [1.82, 2.24) is 4.90 Å². The molecule has 1 aromatic carbocycles. The van der Waals surface area contributed by atoms with Crippen LogP contribution in [0.15, 0.2) is 28.1 Å². The lowest BCUT2D eigenvalue weighted by atomic mass is 10.1. The zero-order chi connectivity index (χ0) is 18.8. The van der Waals surface area contributed by atoms with Gasteiger partial charge in [0.2, 0.25) is 0 Å². The van der Waals surface area contributed by atoms with Crippen LogP contribution in [0.4, 0.5) is 10.1 Å². The molecule has 0 bridgehead atoms. The largest absolute Gasteiger partial charge is 0.371 e. The molecule has 140 valence electrons. The molecule has 0 aliphatic carbocycles. The lowest BCUT2D eigenvalue weighted by molar-refractivity contribution is -0.123. The number of hydrogen-bond donors (Lipinski definition) is 0. The van der Waals surface area contributed by atoms with Crippen LogP contribution < -0.4 is 4.90 Å². The lowest BCUT2D eigenvalue weighted by Gasteiger charge is -2.20. The number of aliphatic imine (C=N–C) groups is 1. The molecule has 0 atom stereocenters. The Kier molecular flexibility index (Phi) is 5.70. The Morgan fingerprint density at radius 2 is 1.88 bits per heavy atom. The number of amidine groups is 1. The molecule has 0 saturated carbocycles. The Bertz CT molecular complexity index is 751. The number of carbonyl (C=O) groups excluding carboxylic acids is 1. The minimum Gasteiger partial charge on any atom is -0.371 e. The second-order valence-electron chi connectivity index (χ2n) is 7.28. The van der Waals surface area contributed by atoms with Crippen molar-refractivity contribution >= 4 is 34.6 Å². The van der Waals surface area contributed by atoms with E-state index < -0.39 is 0 Å². The van der Waals surface area contributed by atoms with Crippen molar-refractivity contribution in [3.05, 3.63) is 34.5 Å². The second-order valence-corrected chi connectivity index (χ2v) is 8.29. The molecule has 26 heavy (non-hydrogen) atoms. The molecule has 0 N–H and O–H groups in total. The standard InChI is InChI=1S/C20H26FN3OS/c1-13(2)22-20-24(14(3)4)19(25)18(26-20)11-15-7-8-16(12-17(15)21)23-9-5-6-10-23/h7-8,11-14H,5-6,9-10H2,1-4H3/b18-11+,22-20?. The van der Waals surface area contributed by atoms with Crippen LogP contribution in [0.25, 0.3) is 6.08 Å². The van der Waals surface area contributed by atoms with Crippen LogP contribution in [0, 0.1) is 5.82 Å². The van der Waals surface area contributed by atoms with E-state index in [0.29, 0.717) is 15.6 Å². The monoisotopic (exact) mass is 375 g/mol. The van der Waals surface area contributed by atoms with Gasteiger partial charge in [-0.15, -0.1) is 0 Å². The summed E-state index contributed by atoms with van der Waals surface area (Å²) < 4.78 is 14.6. The molecule has 2 aliphatic rings.